The van der Waals surface area contributed by atoms with E-state index in [1.807, 2.05) is 32.0 Å². The van der Waals surface area contributed by atoms with E-state index in [1.165, 1.54) is 19.3 Å². The Hall–Kier alpha value is -2.26. The predicted octanol–water partition coefficient (Wildman–Crippen LogP) is 2.66. The molecule has 1 aromatic carbocycles. The van der Waals surface area contributed by atoms with Crippen molar-refractivity contribution in [2.24, 2.45) is 0 Å². The molecule has 0 N–H and O–H groups in total. The van der Waals surface area contributed by atoms with Crippen LogP contribution in [0.5, 0.6) is 0 Å². The maximum Gasteiger partial charge on any atom is 0.337 e. The molecule has 168 valence electrons. The molecular formula is C23H29NO7. The standard InChI is InChI=1S/C23H29NO7/c1-15-6-5-7-16(2)18(15)19-20(31-17(25)14-27-3)22(24(28-4)21(19)26)8-10-23(11-9-22)29-12-13-30-23/h5-7H,8-14H2,1-4H3. The molecule has 8 nitrogen and oxygen atoms in total. The van der Waals surface area contributed by atoms with Crippen LogP contribution in [0.15, 0.2) is 24.0 Å². The molecule has 4 rings (SSSR count). The van der Waals surface area contributed by atoms with E-state index < -0.39 is 17.3 Å². The normalized spacial score (nSPS) is 22.1. The number of hydrogen-bond acceptors (Lipinski definition) is 7. The molecule has 2 heterocycles. The van der Waals surface area contributed by atoms with Crippen LogP contribution in [-0.4, -0.2) is 62.3 Å². The van der Waals surface area contributed by atoms with Gasteiger partial charge in [0.1, 0.15) is 17.9 Å². The molecule has 2 fully saturated rings. The summed E-state index contributed by atoms with van der Waals surface area (Å²) in [6, 6.07) is 5.82. The smallest absolute Gasteiger partial charge is 0.337 e. The van der Waals surface area contributed by atoms with Crippen molar-refractivity contribution in [1.82, 2.24) is 5.06 Å². The van der Waals surface area contributed by atoms with Crippen molar-refractivity contribution in [2.45, 2.75) is 50.9 Å². The Morgan fingerprint density at radius 1 is 1.06 bits per heavy atom. The van der Waals surface area contributed by atoms with Crippen molar-refractivity contribution < 1.29 is 33.4 Å². The zero-order valence-electron chi connectivity index (χ0n) is 18.5. The fraction of sp³-hybridized carbons (Fsp3) is 0.565. The van der Waals surface area contributed by atoms with E-state index in [4.69, 9.17) is 23.8 Å². The number of benzene rings is 1. The average Bonchev–Trinajstić information content (AvgIpc) is 3.27. The number of nitrogens with zero attached hydrogens (tertiary/aromatic N) is 1. The van der Waals surface area contributed by atoms with Crippen LogP contribution < -0.4 is 0 Å². The lowest BCUT2D eigenvalue weighted by Crippen LogP contribution is -2.54. The third kappa shape index (κ3) is 3.57. The Balaban J connectivity index is 1.84. The number of ether oxygens (including phenoxy) is 4. The first-order valence-electron chi connectivity index (χ1n) is 10.5. The maximum absolute atomic E-state index is 13.6. The first kappa shape index (κ1) is 22.0. The van der Waals surface area contributed by atoms with Crippen molar-refractivity contribution in [3.63, 3.8) is 0 Å². The lowest BCUT2D eigenvalue weighted by Gasteiger charge is -2.45. The summed E-state index contributed by atoms with van der Waals surface area (Å²) < 4.78 is 22.6. The molecule has 1 aliphatic carbocycles. The summed E-state index contributed by atoms with van der Waals surface area (Å²) in [4.78, 5) is 31.8. The zero-order valence-corrected chi connectivity index (χ0v) is 18.5. The third-order valence-electron chi connectivity index (χ3n) is 6.48. The average molecular weight is 431 g/mol. The van der Waals surface area contributed by atoms with Gasteiger partial charge in [-0.2, -0.15) is 0 Å². The van der Waals surface area contributed by atoms with Crippen molar-refractivity contribution >= 4 is 17.4 Å². The highest BCUT2D eigenvalue weighted by Crippen LogP contribution is 2.53. The molecule has 31 heavy (non-hydrogen) atoms. The number of carbonyl (C=O) groups excluding carboxylic acids is 2. The topological polar surface area (TPSA) is 83.5 Å². The molecule has 1 amide bonds. The zero-order chi connectivity index (χ0) is 22.2. The Morgan fingerprint density at radius 2 is 1.68 bits per heavy atom. The van der Waals surface area contributed by atoms with Gasteiger partial charge in [-0.15, -0.1) is 0 Å². The molecule has 3 aliphatic rings. The van der Waals surface area contributed by atoms with Crippen molar-refractivity contribution in [2.75, 3.05) is 34.0 Å². The van der Waals surface area contributed by atoms with E-state index in [-0.39, 0.29) is 12.5 Å². The van der Waals surface area contributed by atoms with Gasteiger partial charge in [0.05, 0.1) is 25.9 Å². The molecule has 1 aromatic rings. The van der Waals surface area contributed by atoms with Crippen LogP contribution in [-0.2, 0) is 33.4 Å². The Kier molecular flexibility index (Phi) is 5.91. The minimum Gasteiger partial charge on any atom is -0.426 e. The van der Waals surface area contributed by atoms with E-state index in [2.05, 4.69) is 0 Å². The molecule has 0 bridgehead atoms. The predicted molar refractivity (Wildman–Crippen MR) is 110 cm³/mol. The van der Waals surface area contributed by atoms with Crippen LogP contribution in [0.3, 0.4) is 0 Å². The van der Waals surface area contributed by atoms with Crippen LogP contribution >= 0.6 is 0 Å². The Bertz CT molecular complexity index is 886. The fourth-order valence-electron chi connectivity index (χ4n) is 5.07. The molecule has 0 unspecified atom stereocenters. The maximum atomic E-state index is 13.6. The van der Waals surface area contributed by atoms with E-state index in [0.29, 0.717) is 50.2 Å². The second-order valence-corrected chi connectivity index (χ2v) is 8.30. The Labute approximate surface area is 182 Å². The molecule has 1 saturated carbocycles. The molecular weight excluding hydrogens is 402 g/mol. The number of hydroxylamine groups is 2. The van der Waals surface area contributed by atoms with Crippen molar-refractivity contribution in [1.29, 1.82) is 0 Å². The highest BCUT2D eigenvalue weighted by atomic mass is 16.7. The number of amides is 1. The first-order chi connectivity index (χ1) is 14.9. The summed E-state index contributed by atoms with van der Waals surface area (Å²) in [5.74, 6) is -1.19. The molecule has 2 aliphatic heterocycles. The van der Waals surface area contributed by atoms with Gasteiger partial charge < -0.3 is 18.9 Å². The van der Waals surface area contributed by atoms with Crippen LogP contribution in [0.4, 0.5) is 0 Å². The highest BCUT2D eigenvalue weighted by Gasteiger charge is 2.59. The number of esters is 1. The molecule has 0 radical (unpaired) electrons. The van der Waals surface area contributed by atoms with Crippen LogP contribution in [0.25, 0.3) is 5.57 Å². The van der Waals surface area contributed by atoms with Crippen LogP contribution in [0.1, 0.15) is 42.4 Å². The van der Waals surface area contributed by atoms with Gasteiger partial charge in [-0.25, -0.2) is 9.86 Å². The number of methoxy groups -OCH3 is 1. The largest absolute Gasteiger partial charge is 0.426 e. The van der Waals surface area contributed by atoms with E-state index in [1.54, 1.807) is 0 Å². The van der Waals surface area contributed by atoms with Crippen molar-refractivity contribution in [3.8, 4) is 0 Å². The van der Waals surface area contributed by atoms with Gasteiger partial charge in [-0.3, -0.25) is 9.63 Å². The van der Waals surface area contributed by atoms with Crippen molar-refractivity contribution in [3.05, 3.63) is 40.6 Å². The van der Waals surface area contributed by atoms with Gasteiger partial charge in [0.2, 0.25) is 0 Å². The third-order valence-corrected chi connectivity index (χ3v) is 6.48. The van der Waals surface area contributed by atoms with E-state index in [9.17, 15) is 9.59 Å². The van der Waals surface area contributed by atoms with E-state index >= 15 is 0 Å². The summed E-state index contributed by atoms with van der Waals surface area (Å²) >= 11 is 0. The van der Waals surface area contributed by atoms with Gasteiger partial charge in [-0.1, -0.05) is 18.2 Å². The number of hydrogen-bond donors (Lipinski definition) is 0. The summed E-state index contributed by atoms with van der Waals surface area (Å²) in [6.07, 6.45) is 2.09. The quantitative estimate of drug-likeness (QED) is 0.663. The molecule has 0 atom stereocenters. The Morgan fingerprint density at radius 3 is 2.23 bits per heavy atom. The van der Waals surface area contributed by atoms with Gasteiger partial charge in [0.25, 0.3) is 5.91 Å². The molecule has 8 heteroatoms. The number of rotatable bonds is 5. The number of aryl methyl sites for hydroxylation is 2. The summed E-state index contributed by atoms with van der Waals surface area (Å²) in [5, 5.41) is 1.37. The second kappa shape index (κ2) is 8.35. The second-order valence-electron chi connectivity index (χ2n) is 8.30. The summed E-state index contributed by atoms with van der Waals surface area (Å²) in [5.41, 5.74) is 2.06. The minimum absolute atomic E-state index is 0.211. The van der Waals surface area contributed by atoms with Crippen LogP contribution in [0, 0.1) is 13.8 Å². The van der Waals surface area contributed by atoms with Gasteiger partial charge in [0.15, 0.2) is 5.79 Å². The van der Waals surface area contributed by atoms with Gasteiger partial charge >= 0.3 is 5.97 Å². The minimum atomic E-state index is -0.917. The van der Waals surface area contributed by atoms with Gasteiger partial charge in [-0.05, 0) is 43.4 Å². The lowest BCUT2D eigenvalue weighted by molar-refractivity contribution is -0.233. The highest BCUT2D eigenvalue weighted by molar-refractivity contribution is 6.23. The lowest BCUT2D eigenvalue weighted by atomic mass is 9.77. The van der Waals surface area contributed by atoms with Gasteiger partial charge in [0, 0.05) is 20.0 Å². The summed E-state index contributed by atoms with van der Waals surface area (Å²) in [6.45, 7) is 4.78. The fourth-order valence-corrected chi connectivity index (χ4v) is 5.07. The van der Waals surface area contributed by atoms with E-state index in [0.717, 1.165) is 16.7 Å². The molecule has 1 saturated heterocycles. The van der Waals surface area contributed by atoms with Crippen LogP contribution in [0.2, 0.25) is 0 Å². The first-order valence-corrected chi connectivity index (χ1v) is 10.5. The monoisotopic (exact) mass is 431 g/mol. The molecule has 2 spiro atoms. The summed E-state index contributed by atoms with van der Waals surface area (Å²) in [7, 11) is 2.90. The molecule has 0 aromatic heterocycles. The number of carbonyl (C=O) groups is 2. The SMILES string of the molecule is COCC(=O)OC1=C(c2c(C)cccc2C)C(=O)N(OC)C12CCC1(CC2)OCCO1.